The summed E-state index contributed by atoms with van der Waals surface area (Å²) in [5, 5.41) is 6.57. The van der Waals surface area contributed by atoms with Crippen molar-refractivity contribution in [2.75, 3.05) is 19.5 Å². The number of carbonyl (C=O) groups is 2. The number of para-hydroxylation sites is 1. The molecule has 0 spiro atoms. The van der Waals surface area contributed by atoms with Crippen molar-refractivity contribution in [3.05, 3.63) is 89.1 Å². The predicted octanol–water partition coefficient (Wildman–Crippen LogP) is 4.68. The number of aromatic nitrogens is 1. The highest BCUT2D eigenvalue weighted by molar-refractivity contribution is 6.15. The van der Waals surface area contributed by atoms with Crippen LogP contribution in [-0.2, 0) is 6.54 Å². The van der Waals surface area contributed by atoms with Crippen LogP contribution in [0.5, 0.6) is 11.5 Å². The van der Waals surface area contributed by atoms with Crippen LogP contribution in [0, 0.1) is 6.92 Å². The number of rotatable bonds is 7. The number of nitrogens with one attached hydrogen (secondary N) is 3. The first-order valence-corrected chi connectivity index (χ1v) is 10.5. The molecule has 168 valence electrons. The lowest BCUT2D eigenvalue weighted by Gasteiger charge is -2.12. The highest BCUT2D eigenvalue weighted by atomic mass is 16.5. The van der Waals surface area contributed by atoms with Crippen molar-refractivity contribution in [1.29, 1.82) is 0 Å². The maximum absolute atomic E-state index is 13.2. The summed E-state index contributed by atoms with van der Waals surface area (Å²) in [5.41, 5.74) is 3.81. The van der Waals surface area contributed by atoms with Gasteiger partial charge in [0.15, 0.2) is 0 Å². The van der Waals surface area contributed by atoms with E-state index in [4.69, 9.17) is 9.47 Å². The van der Waals surface area contributed by atoms with Gasteiger partial charge in [-0.2, -0.15) is 0 Å². The van der Waals surface area contributed by atoms with Crippen molar-refractivity contribution in [1.82, 2.24) is 10.3 Å². The molecule has 0 aliphatic carbocycles. The molecule has 0 fully saturated rings. The zero-order valence-electron chi connectivity index (χ0n) is 18.7. The van der Waals surface area contributed by atoms with Crippen LogP contribution in [0.1, 0.15) is 32.0 Å². The molecule has 2 amide bonds. The first-order valence-electron chi connectivity index (χ1n) is 10.5. The van der Waals surface area contributed by atoms with E-state index in [1.165, 1.54) is 0 Å². The Morgan fingerprint density at radius 1 is 0.909 bits per heavy atom. The summed E-state index contributed by atoms with van der Waals surface area (Å²) in [5.74, 6) is 0.663. The van der Waals surface area contributed by atoms with Gasteiger partial charge in [-0.1, -0.05) is 35.9 Å². The Kier molecular flexibility index (Phi) is 6.31. The quantitative estimate of drug-likeness (QED) is 0.387. The molecule has 1 aromatic heterocycles. The Labute approximate surface area is 191 Å². The molecular formula is C26H25N3O4. The maximum atomic E-state index is 13.2. The van der Waals surface area contributed by atoms with Gasteiger partial charge in [-0.05, 0) is 43.3 Å². The van der Waals surface area contributed by atoms with Crippen molar-refractivity contribution in [2.24, 2.45) is 0 Å². The summed E-state index contributed by atoms with van der Waals surface area (Å²) in [7, 11) is 3.15. The Bertz CT molecular complexity index is 1310. The van der Waals surface area contributed by atoms with Crippen molar-refractivity contribution >= 4 is 28.4 Å². The van der Waals surface area contributed by atoms with Gasteiger partial charge >= 0.3 is 0 Å². The minimum Gasteiger partial charge on any atom is -0.497 e. The molecule has 0 aliphatic heterocycles. The van der Waals surface area contributed by atoms with E-state index in [1.807, 2.05) is 49.4 Å². The lowest BCUT2D eigenvalue weighted by Crippen LogP contribution is -2.25. The highest BCUT2D eigenvalue weighted by Crippen LogP contribution is 2.29. The van der Waals surface area contributed by atoms with Crippen molar-refractivity contribution in [2.45, 2.75) is 13.5 Å². The van der Waals surface area contributed by atoms with Gasteiger partial charge in [0.2, 0.25) is 0 Å². The zero-order chi connectivity index (χ0) is 23.4. The van der Waals surface area contributed by atoms with Crippen LogP contribution in [0.25, 0.3) is 10.9 Å². The first kappa shape index (κ1) is 22.0. The molecule has 3 N–H and O–H groups in total. The number of aromatic amines is 1. The van der Waals surface area contributed by atoms with Crippen molar-refractivity contribution in [3.63, 3.8) is 0 Å². The molecule has 0 saturated carbocycles. The van der Waals surface area contributed by atoms with Crippen LogP contribution in [0.2, 0.25) is 0 Å². The smallest absolute Gasteiger partial charge is 0.270 e. The van der Waals surface area contributed by atoms with Gasteiger partial charge in [0.1, 0.15) is 17.2 Å². The fraction of sp³-hybridized carbons (Fsp3) is 0.154. The Morgan fingerprint density at radius 2 is 1.67 bits per heavy atom. The van der Waals surface area contributed by atoms with Gasteiger partial charge < -0.3 is 25.1 Å². The van der Waals surface area contributed by atoms with Gasteiger partial charge in [-0.15, -0.1) is 0 Å². The van der Waals surface area contributed by atoms with Crippen LogP contribution in [0.4, 0.5) is 5.69 Å². The van der Waals surface area contributed by atoms with Crippen LogP contribution in [0.15, 0.2) is 66.7 Å². The van der Waals surface area contributed by atoms with E-state index in [0.717, 1.165) is 22.0 Å². The zero-order valence-corrected chi connectivity index (χ0v) is 18.7. The van der Waals surface area contributed by atoms with Gasteiger partial charge in [-0.25, -0.2) is 0 Å². The highest BCUT2D eigenvalue weighted by Gasteiger charge is 2.20. The summed E-state index contributed by atoms with van der Waals surface area (Å²) < 4.78 is 10.7. The molecule has 0 saturated heterocycles. The predicted molar refractivity (Wildman–Crippen MR) is 128 cm³/mol. The molecule has 0 atom stereocenters. The monoisotopic (exact) mass is 443 g/mol. The molecule has 7 heteroatoms. The lowest BCUT2D eigenvalue weighted by molar-refractivity contribution is 0.0947. The number of carbonyl (C=O) groups excluding carboxylic acids is 2. The second-order valence-electron chi connectivity index (χ2n) is 7.60. The SMILES string of the molecule is COc1ccc(OC)c(CNC(=O)c2[nH]c3ccccc3c2NC(=O)c2ccc(C)cc2)c1. The number of fused-ring (bicyclic) bond motifs is 1. The van der Waals surface area contributed by atoms with E-state index in [0.29, 0.717) is 22.7 Å². The summed E-state index contributed by atoms with van der Waals surface area (Å²) in [6.07, 6.45) is 0. The van der Waals surface area contributed by atoms with Gasteiger partial charge in [0.25, 0.3) is 11.8 Å². The summed E-state index contributed by atoms with van der Waals surface area (Å²) in [6, 6.07) is 20.1. The number of amides is 2. The van der Waals surface area contributed by atoms with Gasteiger partial charge in [-0.3, -0.25) is 9.59 Å². The van der Waals surface area contributed by atoms with Crippen LogP contribution >= 0.6 is 0 Å². The van der Waals surface area contributed by atoms with Crippen molar-refractivity contribution < 1.29 is 19.1 Å². The fourth-order valence-electron chi connectivity index (χ4n) is 3.62. The standard InChI is InChI=1S/C26H25N3O4/c1-16-8-10-17(11-9-16)25(30)29-23-20-6-4-5-7-21(20)28-24(23)26(31)27-15-18-14-19(32-2)12-13-22(18)33-3/h4-14,28H,15H2,1-3H3,(H,27,31)(H,29,30). The lowest BCUT2D eigenvalue weighted by atomic mass is 10.1. The number of hydrogen-bond acceptors (Lipinski definition) is 4. The van der Waals surface area contributed by atoms with Crippen LogP contribution in [-0.4, -0.2) is 31.0 Å². The first-order chi connectivity index (χ1) is 16.0. The molecule has 0 unspecified atom stereocenters. The molecule has 3 aromatic carbocycles. The Morgan fingerprint density at radius 3 is 2.39 bits per heavy atom. The largest absolute Gasteiger partial charge is 0.497 e. The van der Waals surface area contributed by atoms with E-state index in [-0.39, 0.29) is 24.1 Å². The van der Waals surface area contributed by atoms with E-state index in [9.17, 15) is 9.59 Å². The number of hydrogen-bond donors (Lipinski definition) is 3. The topological polar surface area (TPSA) is 92.4 Å². The van der Waals surface area contributed by atoms with E-state index in [1.54, 1.807) is 38.5 Å². The van der Waals surface area contributed by atoms with Gasteiger partial charge in [0.05, 0.1) is 19.9 Å². The molecule has 1 heterocycles. The molecular weight excluding hydrogens is 418 g/mol. The third-order valence-corrected chi connectivity index (χ3v) is 5.41. The second kappa shape index (κ2) is 9.48. The minimum absolute atomic E-state index is 0.222. The number of anilines is 1. The summed E-state index contributed by atoms with van der Waals surface area (Å²) in [4.78, 5) is 29.2. The minimum atomic E-state index is -0.352. The third kappa shape index (κ3) is 4.67. The third-order valence-electron chi connectivity index (χ3n) is 5.41. The maximum Gasteiger partial charge on any atom is 0.270 e. The molecule has 4 rings (SSSR count). The van der Waals surface area contributed by atoms with Crippen LogP contribution < -0.4 is 20.1 Å². The van der Waals surface area contributed by atoms with Gasteiger partial charge in [0, 0.05) is 28.6 Å². The number of aryl methyl sites for hydroxylation is 1. The number of benzene rings is 3. The molecule has 0 bridgehead atoms. The van der Waals surface area contributed by atoms with Crippen molar-refractivity contribution in [3.8, 4) is 11.5 Å². The number of ether oxygens (including phenoxy) is 2. The molecule has 0 aliphatic rings. The fourth-order valence-corrected chi connectivity index (χ4v) is 3.62. The molecule has 4 aromatic rings. The number of H-pyrrole nitrogens is 1. The van der Waals surface area contributed by atoms with Crippen LogP contribution in [0.3, 0.4) is 0 Å². The Balaban J connectivity index is 1.61. The second-order valence-corrected chi connectivity index (χ2v) is 7.60. The summed E-state index contributed by atoms with van der Waals surface area (Å²) >= 11 is 0. The number of methoxy groups -OCH3 is 2. The molecule has 33 heavy (non-hydrogen) atoms. The average molecular weight is 444 g/mol. The summed E-state index contributed by atoms with van der Waals surface area (Å²) in [6.45, 7) is 2.18. The van der Waals surface area contributed by atoms with E-state index >= 15 is 0 Å². The molecule has 0 radical (unpaired) electrons. The average Bonchev–Trinajstić information content (AvgIpc) is 3.21. The normalized spacial score (nSPS) is 10.6. The Hall–Kier alpha value is -4.26. The van der Waals surface area contributed by atoms with E-state index < -0.39 is 0 Å². The van der Waals surface area contributed by atoms with E-state index in [2.05, 4.69) is 15.6 Å². The molecule has 7 nitrogen and oxygen atoms in total.